The maximum absolute atomic E-state index is 5.77. The summed E-state index contributed by atoms with van der Waals surface area (Å²) in [5.74, 6) is 0.775. The zero-order chi connectivity index (χ0) is 13.4. The van der Waals surface area contributed by atoms with Gasteiger partial charge < -0.3 is 15.1 Å². The van der Waals surface area contributed by atoms with E-state index in [1.54, 1.807) is 0 Å². The number of anilines is 1. The number of hydrogen-bond acceptors (Lipinski definition) is 5. The van der Waals surface area contributed by atoms with Gasteiger partial charge in [0.2, 0.25) is 5.89 Å². The van der Waals surface area contributed by atoms with Gasteiger partial charge in [-0.05, 0) is 26.1 Å². The standard InChI is InChI=1S/C14H20N4O/c1-10-8-18(6-5-17(10)2)9-14-16-12-4-3-11(15)7-13(12)19-14/h3-4,7,10H,5-6,8-9,15H2,1-2H3. The molecule has 0 saturated carbocycles. The normalized spacial score (nSPS) is 22.1. The zero-order valence-corrected chi connectivity index (χ0v) is 11.5. The predicted octanol–water partition coefficient (Wildman–Crippen LogP) is 1.55. The molecule has 1 aromatic carbocycles. The molecule has 5 heteroatoms. The minimum Gasteiger partial charge on any atom is -0.439 e. The van der Waals surface area contributed by atoms with Crippen molar-refractivity contribution < 1.29 is 4.42 Å². The highest BCUT2D eigenvalue weighted by Crippen LogP contribution is 2.20. The van der Waals surface area contributed by atoms with Crippen LogP contribution in [0.1, 0.15) is 12.8 Å². The Balaban J connectivity index is 1.74. The van der Waals surface area contributed by atoms with E-state index in [2.05, 4.69) is 28.8 Å². The Labute approximate surface area is 113 Å². The number of fused-ring (bicyclic) bond motifs is 1. The molecule has 1 unspecified atom stereocenters. The van der Waals surface area contributed by atoms with Crippen molar-refractivity contribution in [2.24, 2.45) is 0 Å². The first kappa shape index (κ1) is 12.4. The second-order valence-corrected chi connectivity index (χ2v) is 5.40. The Morgan fingerprint density at radius 1 is 1.42 bits per heavy atom. The van der Waals surface area contributed by atoms with Gasteiger partial charge in [0, 0.05) is 37.4 Å². The number of rotatable bonds is 2. The molecule has 1 atom stereocenters. The Hall–Kier alpha value is -1.59. The highest BCUT2D eigenvalue weighted by molar-refractivity contribution is 5.76. The van der Waals surface area contributed by atoms with Crippen LogP contribution in [0, 0.1) is 0 Å². The number of piperazine rings is 1. The largest absolute Gasteiger partial charge is 0.439 e. The lowest BCUT2D eigenvalue weighted by Gasteiger charge is -2.36. The molecule has 0 radical (unpaired) electrons. The van der Waals surface area contributed by atoms with Gasteiger partial charge in [0.1, 0.15) is 5.52 Å². The molecule has 0 aliphatic carbocycles. The van der Waals surface area contributed by atoms with E-state index in [0.717, 1.165) is 43.2 Å². The Morgan fingerprint density at radius 2 is 2.26 bits per heavy atom. The van der Waals surface area contributed by atoms with E-state index < -0.39 is 0 Å². The minimum atomic E-state index is 0.578. The number of nitrogens with zero attached hydrogens (tertiary/aromatic N) is 3. The maximum Gasteiger partial charge on any atom is 0.209 e. The number of nitrogens with two attached hydrogens (primary N) is 1. The van der Waals surface area contributed by atoms with Crippen LogP contribution in [0.25, 0.3) is 11.1 Å². The number of nitrogen functional groups attached to an aromatic ring is 1. The van der Waals surface area contributed by atoms with Gasteiger partial charge in [0.25, 0.3) is 0 Å². The molecule has 19 heavy (non-hydrogen) atoms. The number of hydrogen-bond donors (Lipinski definition) is 1. The van der Waals surface area contributed by atoms with Gasteiger partial charge in [-0.1, -0.05) is 0 Å². The van der Waals surface area contributed by atoms with E-state index in [9.17, 15) is 0 Å². The van der Waals surface area contributed by atoms with Crippen LogP contribution in [-0.2, 0) is 6.54 Å². The molecule has 5 nitrogen and oxygen atoms in total. The van der Waals surface area contributed by atoms with Crippen LogP contribution in [0.4, 0.5) is 5.69 Å². The van der Waals surface area contributed by atoms with Gasteiger partial charge in [0.05, 0.1) is 6.54 Å². The van der Waals surface area contributed by atoms with Crippen LogP contribution >= 0.6 is 0 Å². The van der Waals surface area contributed by atoms with Gasteiger partial charge >= 0.3 is 0 Å². The van der Waals surface area contributed by atoms with E-state index in [1.165, 1.54) is 0 Å². The summed E-state index contributed by atoms with van der Waals surface area (Å²) in [6.45, 7) is 6.22. The molecule has 0 spiro atoms. The average Bonchev–Trinajstić information content (AvgIpc) is 2.75. The van der Waals surface area contributed by atoms with Crippen molar-refractivity contribution in [3.8, 4) is 0 Å². The van der Waals surface area contributed by atoms with Gasteiger partial charge in [-0.3, -0.25) is 4.90 Å². The molecule has 1 aliphatic rings. The number of aromatic nitrogens is 1. The summed E-state index contributed by atoms with van der Waals surface area (Å²) in [4.78, 5) is 9.28. The summed E-state index contributed by atoms with van der Waals surface area (Å²) in [5, 5.41) is 0. The highest BCUT2D eigenvalue weighted by Gasteiger charge is 2.21. The molecule has 1 saturated heterocycles. The third kappa shape index (κ3) is 2.57. The number of oxazole rings is 1. The van der Waals surface area contributed by atoms with Crippen LogP contribution < -0.4 is 5.73 Å². The number of likely N-dealkylation sites (N-methyl/N-ethyl adjacent to an activating group) is 1. The lowest BCUT2D eigenvalue weighted by molar-refractivity contribution is 0.0938. The van der Waals surface area contributed by atoms with E-state index in [-0.39, 0.29) is 0 Å². The molecule has 2 N–H and O–H groups in total. The van der Waals surface area contributed by atoms with Crippen molar-refractivity contribution in [3.63, 3.8) is 0 Å². The lowest BCUT2D eigenvalue weighted by Crippen LogP contribution is -2.49. The molecule has 102 valence electrons. The minimum absolute atomic E-state index is 0.578. The predicted molar refractivity (Wildman–Crippen MR) is 75.8 cm³/mol. The van der Waals surface area contributed by atoms with E-state index in [1.807, 2.05) is 18.2 Å². The zero-order valence-electron chi connectivity index (χ0n) is 11.5. The Morgan fingerprint density at radius 3 is 3.05 bits per heavy atom. The molecule has 2 heterocycles. The Kier molecular flexibility index (Phi) is 3.16. The first-order chi connectivity index (χ1) is 9.11. The van der Waals surface area contributed by atoms with Crippen molar-refractivity contribution >= 4 is 16.8 Å². The van der Waals surface area contributed by atoms with Crippen LogP contribution in [0.15, 0.2) is 22.6 Å². The van der Waals surface area contributed by atoms with Crippen molar-refractivity contribution in [1.29, 1.82) is 0 Å². The summed E-state index contributed by atoms with van der Waals surface area (Å²) in [6.07, 6.45) is 0. The molecule has 3 rings (SSSR count). The first-order valence-electron chi connectivity index (χ1n) is 6.69. The summed E-state index contributed by atoms with van der Waals surface area (Å²) in [6, 6.07) is 6.17. The second kappa shape index (κ2) is 4.83. The molecular weight excluding hydrogens is 240 g/mol. The third-order valence-corrected chi connectivity index (χ3v) is 3.86. The summed E-state index contributed by atoms with van der Waals surface area (Å²) < 4.78 is 5.77. The van der Waals surface area contributed by atoms with Gasteiger partial charge in [-0.25, -0.2) is 4.98 Å². The first-order valence-corrected chi connectivity index (χ1v) is 6.69. The van der Waals surface area contributed by atoms with E-state index in [0.29, 0.717) is 11.7 Å². The summed E-state index contributed by atoms with van der Waals surface area (Å²) in [5.41, 5.74) is 8.11. The molecule has 0 bridgehead atoms. The van der Waals surface area contributed by atoms with Crippen molar-refractivity contribution in [2.75, 3.05) is 32.4 Å². The van der Waals surface area contributed by atoms with Gasteiger partial charge in [-0.15, -0.1) is 0 Å². The second-order valence-electron chi connectivity index (χ2n) is 5.40. The quantitative estimate of drug-likeness (QED) is 0.830. The molecule has 2 aromatic rings. The lowest BCUT2D eigenvalue weighted by atomic mass is 10.2. The highest BCUT2D eigenvalue weighted by atomic mass is 16.3. The smallest absolute Gasteiger partial charge is 0.209 e. The summed E-state index contributed by atoms with van der Waals surface area (Å²) in [7, 11) is 2.17. The maximum atomic E-state index is 5.77. The van der Waals surface area contributed by atoms with Crippen molar-refractivity contribution in [1.82, 2.24) is 14.8 Å². The molecule has 1 fully saturated rings. The van der Waals surface area contributed by atoms with E-state index >= 15 is 0 Å². The molecule has 0 amide bonds. The van der Waals surface area contributed by atoms with Crippen molar-refractivity contribution in [2.45, 2.75) is 19.5 Å². The Bertz CT molecular complexity index is 580. The number of benzene rings is 1. The third-order valence-electron chi connectivity index (χ3n) is 3.86. The molecule has 1 aliphatic heterocycles. The van der Waals surface area contributed by atoms with Crippen molar-refractivity contribution in [3.05, 3.63) is 24.1 Å². The van der Waals surface area contributed by atoms with Gasteiger partial charge in [-0.2, -0.15) is 0 Å². The van der Waals surface area contributed by atoms with Crippen LogP contribution in [0.5, 0.6) is 0 Å². The average molecular weight is 260 g/mol. The van der Waals surface area contributed by atoms with Crippen LogP contribution in [0.2, 0.25) is 0 Å². The molecule has 1 aromatic heterocycles. The fourth-order valence-corrected chi connectivity index (χ4v) is 2.52. The fourth-order valence-electron chi connectivity index (χ4n) is 2.52. The summed E-state index contributed by atoms with van der Waals surface area (Å²) >= 11 is 0. The monoisotopic (exact) mass is 260 g/mol. The van der Waals surface area contributed by atoms with Crippen LogP contribution in [0.3, 0.4) is 0 Å². The SMILES string of the molecule is CC1CN(Cc2nc3ccc(N)cc3o2)CCN1C. The fraction of sp³-hybridized carbons (Fsp3) is 0.500. The van der Waals surface area contributed by atoms with Gasteiger partial charge in [0.15, 0.2) is 5.58 Å². The molecular formula is C14H20N4O. The van der Waals surface area contributed by atoms with Crippen LogP contribution in [-0.4, -0.2) is 47.5 Å². The topological polar surface area (TPSA) is 58.5 Å². The van der Waals surface area contributed by atoms with E-state index in [4.69, 9.17) is 10.2 Å².